The summed E-state index contributed by atoms with van der Waals surface area (Å²) in [6.45, 7) is 4.38. The lowest BCUT2D eigenvalue weighted by Crippen LogP contribution is -2.24. The van der Waals surface area contributed by atoms with Crippen LogP contribution in [-0.4, -0.2) is 13.7 Å². The van der Waals surface area contributed by atoms with Crippen molar-refractivity contribution in [3.05, 3.63) is 40.8 Å². The molecular formula is C15H17NOS. The average Bonchev–Trinajstić information content (AvgIpc) is 2.84. The highest BCUT2D eigenvalue weighted by molar-refractivity contribution is 7.15. The molecule has 18 heavy (non-hydrogen) atoms. The van der Waals surface area contributed by atoms with Crippen molar-refractivity contribution in [2.75, 3.05) is 13.7 Å². The lowest BCUT2D eigenvalue weighted by atomic mass is 10.0. The van der Waals surface area contributed by atoms with Gasteiger partial charge in [0.25, 0.3) is 0 Å². The van der Waals surface area contributed by atoms with Gasteiger partial charge in [-0.15, -0.1) is 11.3 Å². The van der Waals surface area contributed by atoms with E-state index >= 15 is 0 Å². The van der Waals surface area contributed by atoms with Gasteiger partial charge in [0.2, 0.25) is 0 Å². The quantitative estimate of drug-likeness (QED) is 0.889. The van der Waals surface area contributed by atoms with Crippen LogP contribution in [0, 0.1) is 0 Å². The maximum absolute atomic E-state index is 5.29. The first-order valence-corrected chi connectivity index (χ1v) is 7.07. The molecule has 2 heterocycles. The molecule has 1 atom stereocenters. The van der Waals surface area contributed by atoms with Crippen molar-refractivity contribution in [1.29, 1.82) is 0 Å². The molecule has 0 spiro atoms. The molecule has 0 saturated heterocycles. The Morgan fingerprint density at radius 2 is 2.22 bits per heavy atom. The molecule has 1 aliphatic heterocycles. The molecule has 2 nitrogen and oxygen atoms in total. The van der Waals surface area contributed by atoms with Gasteiger partial charge >= 0.3 is 0 Å². The average molecular weight is 259 g/mol. The third-order valence-corrected chi connectivity index (χ3v) is 4.87. The summed E-state index contributed by atoms with van der Waals surface area (Å²) >= 11 is 1.92. The number of hydrogen-bond acceptors (Lipinski definition) is 3. The van der Waals surface area contributed by atoms with E-state index in [2.05, 4.69) is 36.5 Å². The molecular weight excluding hydrogens is 242 g/mol. The van der Waals surface area contributed by atoms with Crippen LogP contribution < -0.4 is 10.1 Å². The zero-order valence-corrected chi connectivity index (χ0v) is 11.5. The number of methoxy groups -OCH3 is 1. The minimum absolute atomic E-state index is 0.623. The van der Waals surface area contributed by atoms with Crippen molar-refractivity contribution < 1.29 is 4.74 Å². The summed E-state index contributed by atoms with van der Waals surface area (Å²) in [4.78, 5) is 2.88. The zero-order valence-electron chi connectivity index (χ0n) is 10.7. The van der Waals surface area contributed by atoms with E-state index in [-0.39, 0.29) is 0 Å². The number of fused-ring (bicyclic) bond motifs is 1. The predicted molar refractivity (Wildman–Crippen MR) is 76.4 cm³/mol. The molecule has 0 aliphatic carbocycles. The van der Waals surface area contributed by atoms with Crippen LogP contribution in [0.25, 0.3) is 10.4 Å². The van der Waals surface area contributed by atoms with Gasteiger partial charge in [-0.05, 0) is 29.3 Å². The Kier molecular flexibility index (Phi) is 3.10. The highest BCUT2D eigenvalue weighted by Crippen LogP contribution is 2.38. The Morgan fingerprint density at radius 1 is 1.33 bits per heavy atom. The molecule has 1 aromatic heterocycles. The zero-order chi connectivity index (χ0) is 12.5. The first-order chi connectivity index (χ1) is 8.78. The van der Waals surface area contributed by atoms with E-state index in [1.165, 1.54) is 20.9 Å². The number of rotatable bonds is 2. The van der Waals surface area contributed by atoms with E-state index in [9.17, 15) is 0 Å². The van der Waals surface area contributed by atoms with Crippen molar-refractivity contribution in [2.45, 2.75) is 19.4 Å². The second-order valence-electron chi connectivity index (χ2n) is 4.76. The first kappa shape index (κ1) is 11.8. The van der Waals surface area contributed by atoms with Crippen LogP contribution in [0.5, 0.6) is 5.75 Å². The summed E-state index contributed by atoms with van der Waals surface area (Å²) in [6.07, 6.45) is 0. The highest BCUT2D eigenvalue weighted by atomic mass is 32.1. The molecule has 1 unspecified atom stereocenters. The van der Waals surface area contributed by atoms with Crippen LogP contribution in [0.3, 0.4) is 0 Å². The molecule has 0 fully saturated rings. The lowest BCUT2D eigenvalue weighted by molar-refractivity contribution is 0.415. The van der Waals surface area contributed by atoms with Crippen LogP contribution >= 0.6 is 11.3 Å². The van der Waals surface area contributed by atoms with Crippen molar-refractivity contribution in [2.24, 2.45) is 0 Å². The van der Waals surface area contributed by atoms with Gasteiger partial charge in [0.15, 0.2) is 0 Å². The van der Waals surface area contributed by atoms with Crippen LogP contribution in [0.15, 0.2) is 30.3 Å². The third-order valence-electron chi connectivity index (χ3n) is 3.41. The topological polar surface area (TPSA) is 21.3 Å². The number of thiophene rings is 1. The Hall–Kier alpha value is -1.32. The summed E-state index contributed by atoms with van der Waals surface area (Å²) in [6, 6.07) is 10.6. The van der Waals surface area contributed by atoms with Gasteiger partial charge in [-0.3, -0.25) is 0 Å². The summed E-state index contributed by atoms with van der Waals surface area (Å²) in [5.41, 5.74) is 2.71. The molecule has 0 bridgehead atoms. The maximum Gasteiger partial charge on any atom is 0.119 e. The molecule has 0 amide bonds. The molecule has 3 rings (SSSR count). The first-order valence-electron chi connectivity index (χ1n) is 6.25. The molecule has 94 valence electrons. The molecule has 2 aromatic rings. The van der Waals surface area contributed by atoms with E-state index in [0.29, 0.717) is 5.92 Å². The van der Waals surface area contributed by atoms with Gasteiger partial charge in [-0.2, -0.15) is 0 Å². The number of benzene rings is 1. The van der Waals surface area contributed by atoms with E-state index in [0.717, 1.165) is 18.8 Å². The van der Waals surface area contributed by atoms with Crippen molar-refractivity contribution >= 4 is 11.3 Å². The molecule has 1 aliphatic rings. The van der Waals surface area contributed by atoms with Crippen molar-refractivity contribution in [3.63, 3.8) is 0 Å². The van der Waals surface area contributed by atoms with Crippen molar-refractivity contribution in [1.82, 2.24) is 5.32 Å². The fraction of sp³-hybridized carbons (Fsp3) is 0.333. The lowest BCUT2D eigenvalue weighted by Gasteiger charge is -2.18. The molecule has 1 N–H and O–H groups in total. The summed E-state index contributed by atoms with van der Waals surface area (Å²) in [5, 5.41) is 3.46. The van der Waals surface area contributed by atoms with Crippen LogP contribution in [0.1, 0.15) is 23.3 Å². The van der Waals surface area contributed by atoms with Crippen molar-refractivity contribution in [3.8, 4) is 16.2 Å². The van der Waals surface area contributed by atoms with Gasteiger partial charge in [0.1, 0.15) is 5.75 Å². The standard InChI is InChI=1S/C15H17NOS/c1-10-8-16-9-12-7-14(18-15(10)12)11-4-3-5-13(6-11)17-2/h3-7,10,16H,8-9H2,1-2H3. The van der Waals surface area contributed by atoms with Gasteiger partial charge in [0.05, 0.1) is 7.11 Å². The van der Waals surface area contributed by atoms with E-state index < -0.39 is 0 Å². The fourth-order valence-corrected chi connectivity index (χ4v) is 3.66. The second kappa shape index (κ2) is 4.75. The molecule has 1 aromatic carbocycles. The molecule has 3 heteroatoms. The highest BCUT2D eigenvalue weighted by Gasteiger charge is 2.19. The van der Waals surface area contributed by atoms with E-state index in [1.807, 2.05) is 17.4 Å². The number of nitrogens with one attached hydrogen (secondary N) is 1. The number of ether oxygens (including phenoxy) is 1. The predicted octanol–water partition coefficient (Wildman–Crippen LogP) is 3.63. The van der Waals surface area contributed by atoms with E-state index in [4.69, 9.17) is 4.74 Å². The van der Waals surface area contributed by atoms with Gasteiger partial charge < -0.3 is 10.1 Å². The summed E-state index contributed by atoms with van der Waals surface area (Å²) in [7, 11) is 1.71. The van der Waals surface area contributed by atoms with E-state index in [1.54, 1.807) is 7.11 Å². The largest absolute Gasteiger partial charge is 0.497 e. The van der Waals surface area contributed by atoms with Gasteiger partial charge in [-0.25, -0.2) is 0 Å². The summed E-state index contributed by atoms with van der Waals surface area (Å²) < 4.78 is 5.29. The Labute approximate surface area is 112 Å². The third kappa shape index (κ3) is 2.04. The van der Waals surface area contributed by atoms with Crippen LogP contribution in [-0.2, 0) is 6.54 Å². The van der Waals surface area contributed by atoms with Crippen LogP contribution in [0.4, 0.5) is 0 Å². The molecule has 0 saturated carbocycles. The Morgan fingerprint density at radius 3 is 3.00 bits per heavy atom. The smallest absolute Gasteiger partial charge is 0.119 e. The minimum atomic E-state index is 0.623. The van der Waals surface area contributed by atoms with Crippen LogP contribution in [0.2, 0.25) is 0 Å². The number of hydrogen-bond donors (Lipinski definition) is 1. The Bertz CT molecular complexity index is 561. The monoisotopic (exact) mass is 259 g/mol. The minimum Gasteiger partial charge on any atom is -0.497 e. The second-order valence-corrected chi connectivity index (χ2v) is 5.85. The fourth-order valence-electron chi connectivity index (χ4n) is 2.43. The Balaban J connectivity index is 2.01. The van der Waals surface area contributed by atoms with Gasteiger partial charge in [-0.1, -0.05) is 19.1 Å². The summed E-state index contributed by atoms with van der Waals surface area (Å²) in [5.74, 6) is 1.54. The maximum atomic E-state index is 5.29. The van der Waals surface area contributed by atoms with Gasteiger partial charge in [0, 0.05) is 28.8 Å². The SMILES string of the molecule is COc1cccc(-c2cc3c(s2)C(C)CNC3)c1. The normalized spacial score (nSPS) is 18.4. The molecule has 0 radical (unpaired) electrons.